The van der Waals surface area contributed by atoms with E-state index in [2.05, 4.69) is 97.6 Å². The summed E-state index contributed by atoms with van der Waals surface area (Å²) in [5.41, 5.74) is 3.53. The van der Waals surface area contributed by atoms with E-state index in [4.69, 9.17) is 9.47 Å². The molecular weight excluding hydrogens is 394 g/mol. The molecule has 5 rings (SSSR count). The molecule has 32 heavy (non-hydrogen) atoms. The minimum absolute atomic E-state index is 0.209. The molecule has 0 bridgehead atoms. The minimum Gasteiger partial charge on any atom is -0.492 e. The molecular formula is C29H33NO2. The highest BCUT2D eigenvalue weighted by molar-refractivity contribution is 5.50. The minimum atomic E-state index is -0.328. The Balaban J connectivity index is 1.43. The maximum absolute atomic E-state index is 6.53. The van der Waals surface area contributed by atoms with Gasteiger partial charge in [-0.3, -0.25) is 4.90 Å². The SMILES string of the molecule is CC1(C)Oc2ccccc2[C@@H](c2ccc(OCCN3CCCC3)cc2)[C@@H]1c1ccccc1. The predicted octanol–water partition coefficient (Wildman–Crippen LogP) is 6.25. The van der Waals surface area contributed by atoms with Crippen molar-refractivity contribution in [2.24, 2.45) is 0 Å². The van der Waals surface area contributed by atoms with Crippen molar-refractivity contribution in [2.45, 2.75) is 44.1 Å². The number of nitrogens with zero attached hydrogens (tertiary/aromatic N) is 1. The van der Waals surface area contributed by atoms with Crippen LogP contribution in [0.5, 0.6) is 11.5 Å². The second kappa shape index (κ2) is 8.99. The van der Waals surface area contributed by atoms with Crippen LogP contribution in [0.1, 0.15) is 55.2 Å². The van der Waals surface area contributed by atoms with E-state index < -0.39 is 0 Å². The topological polar surface area (TPSA) is 21.7 Å². The molecule has 2 atom stereocenters. The van der Waals surface area contributed by atoms with Gasteiger partial charge in [0.15, 0.2) is 0 Å². The summed E-state index contributed by atoms with van der Waals surface area (Å²) in [5.74, 6) is 2.36. The summed E-state index contributed by atoms with van der Waals surface area (Å²) < 4.78 is 12.6. The van der Waals surface area contributed by atoms with E-state index in [9.17, 15) is 0 Å². The summed E-state index contributed by atoms with van der Waals surface area (Å²) in [5, 5.41) is 0. The third-order valence-electron chi connectivity index (χ3n) is 6.98. The van der Waals surface area contributed by atoms with Gasteiger partial charge < -0.3 is 9.47 Å². The lowest BCUT2D eigenvalue weighted by molar-refractivity contribution is 0.0531. The number of fused-ring (bicyclic) bond motifs is 1. The van der Waals surface area contributed by atoms with Crippen LogP contribution < -0.4 is 9.47 Å². The monoisotopic (exact) mass is 427 g/mol. The normalized spacial score (nSPS) is 22.2. The fourth-order valence-electron chi connectivity index (χ4n) is 5.45. The van der Waals surface area contributed by atoms with E-state index in [1.165, 1.54) is 42.6 Å². The zero-order valence-electron chi connectivity index (χ0n) is 19.2. The summed E-state index contributed by atoms with van der Waals surface area (Å²) in [6.45, 7) is 8.61. The van der Waals surface area contributed by atoms with Crippen molar-refractivity contribution in [3.8, 4) is 11.5 Å². The van der Waals surface area contributed by atoms with Crippen molar-refractivity contribution in [1.82, 2.24) is 4.90 Å². The molecule has 1 fully saturated rings. The van der Waals surface area contributed by atoms with Crippen molar-refractivity contribution < 1.29 is 9.47 Å². The highest BCUT2D eigenvalue weighted by Crippen LogP contribution is 2.52. The lowest BCUT2D eigenvalue weighted by Crippen LogP contribution is -2.43. The summed E-state index contributed by atoms with van der Waals surface area (Å²) >= 11 is 0. The second-order valence-corrected chi connectivity index (χ2v) is 9.58. The van der Waals surface area contributed by atoms with Crippen molar-refractivity contribution >= 4 is 0 Å². The Morgan fingerprint density at radius 3 is 2.28 bits per heavy atom. The van der Waals surface area contributed by atoms with Crippen molar-refractivity contribution in [3.05, 3.63) is 95.6 Å². The second-order valence-electron chi connectivity index (χ2n) is 9.58. The van der Waals surface area contributed by atoms with Crippen LogP contribution in [0.3, 0.4) is 0 Å². The Hall–Kier alpha value is -2.78. The molecule has 0 amide bonds. The molecule has 166 valence electrons. The Kier molecular flexibility index (Phi) is 5.93. The first-order chi connectivity index (χ1) is 15.6. The third kappa shape index (κ3) is 4.27. The van der Waals surface area contributed by atoms with Crippen molar-refractivity contribution in [2.75, 3.05) is 26.2 Å². The van der Waals surface area contributed by atoms with Crippen LogP contribution in [-0.4, -0.2) is 36.7 Å². The molecule has 0 unspecified atom stereocenters. The van der Waals surface area contributed by atoms with Gasteiger partial charge in [-0.2, -0.15) is 0 Å². The van der Waals surface area contributed by atoms with Crippen LogP contribution in [0.4, 0.5) is 0 Å². The molecule has 0 radical (unpaired) electrons. The van der Waals surface area contributed by atoms with Gasteiger partial charge >= 0.3 is 0 Å². The smallest absolute Gasteiger partial charge is 0.123 e. The van der Waals surface area contributed by atoms with Crippen molar-refractivity contribution in [1.29, 1.82) is 0 Å². The fourth-order valence-corrected chi connectivity index (χ4v) is 5.45. The number of para-hydroxylation sites is 1. The number of benzene rings is 3. The molecule has 2 heterocycles. The highest BCUT2D eigenvalue weighted by atomic mass is 16.5. The molecule has 3 aromatic rings. The lowest BCUT2D eigenvalue weighted by Gasteiger charge is -2.45. The van der Waals surface area contributed by atoms with Gasteiger partial charge in [0.2, 0.25) is 0 Å². The first-order valence-electron chi connectivity index (χ1n) is 11.9. The maximum atomic E-state index is 6.53. The third-order valence-corrected chi connectivity index (χ3v) is 6.98. The van der Waals surface area contributed by atoms with E-state index in [0.29, 0.717) is 0 Å². The van der Waals surface area contributed by atoms with Gasteiger partial charge in [-0.15, -0.1) is 0 Å². The summed E-state index contributed by atoms with van der Waals surface area (Å²) in [6.07, 6.45) is 2.64. The van der Waals surface area contributed by atoms with Gasteiger partial charge in [0.05, 0.1) is 0 Å². The first kappa shape index (κ1) is 21.1. The molecule has 3 nitrogen and oxygen atoms in total. The molecule has 0 N–H and O–H groups in total. The van der Waals surface area contributed by atoms with Crippen LogP contribution in [0.2, 0.25) is 0 Å². The molecule has 0 saturated carbocycles. The maximum Gasteiger partial charge on any atom is 0.123 e. The van der Waals surface area contributed by atoms with Crippen LogP contribution in [0.25, 0.3) is 0 Å². The highest BCUT2D eigenvalue weighted by Gasteiger charge is 2.45. The Morgan fingerprint density at radius 1 is 0.844 bits per heavy atom. The fraction of sp³-hybridized carbons (Fsp3) is 0.379. The Labute approximate surface area is 192 Å². The van der Waals surface area contributed by atoms with E-state index in [0.717, 1.165) is 24.7 Å². The predicted molar refractivity (Wildman–Crippen MR) is 130 cm³/mol. The standard InChI is InChI=1S/C29H33NO2/c1-29(2)28(23-10-4-3-5-11-23)27(25-12-6-7-13-26(25)32-29)22-14-16-24(17-15-22)31-21-20-30-18-8-9-19-30/h3-7,10-17,27-28H,8-9,18-21H2,1-2H3/t27-,28+/m1/s1. The molecule has 0 aliphatic carbocycles. The number of ether oxygens (including phenoxy) is 2. The number of hydrogen-bond acceptors (Lipinski definition) is 3. The van der Waals surface area contributed by atoms with Gasteiger partial charge in [-0.25, -0.2) is 0 Å². The molecule has 0 aromatic heterocycles. The lowest BCUT2D eigenvalue weighted by atomic mass is 9.68. The summed E-state index contributed by atoms with van der Waals surface area (Å²) in [7, 11) is 0. The Bertz CT molecular complexity index is 1020. The average molecular weight is 428 g/mol. The molecule has 1 saturated heterocycles. The van der Waals surface area contributed by atoms with E-state index in [1.807, 2.05) is 0 Å². The number of hydrogen-bond donors (Lipinski definition) is 0. The van der Waals surface area contributed by atoms with Gasteiger partial charge in [-0.05, 0) is 69.1 Å². The number of rotatable bonds is 6. The van der Waals surface area contributed by atoms with Crippen LogP contribution in [-0.2, 0) is 0 Å². The zero-order chi connectivity index (χ0) is 22.0. The largest absolute Gasteiger partial charge is 0.492 e. The van der Waals surface area contributed by atoms with Gasteiger partial charge in [0.1, 0.15) is 23.7 Å². The average Bonchev–Trinajstić information content (AvgIpc) is 3.32. The molecule has 2 aliphatic heterocycles. The van der Waals surface area contributed by atoms with Crippen LogP contribution >= 0.6 is 0 Å². The van der Waals surface area contributed by atoms with E-state index in [-0.39, 0.29) is 17.4 Å². The van der Waals surface area contributed by atoms with Gasteiger partial charge in [-0.1, -0.05) is 60.7 Å². The molecule has 2 aliphatic rings. The number of likely N-dealkylation sites (tertiary alicyclic amines) is 1. The Morgan fingerprint density at radius 2 is 1.53 bits per heavy atom. The van der Waals surface area contributed by atoms with Crippen LogP contribution in [0, 0.1) is 0 Å². The molecule has 3 aromatic carbocycles. The van der Waals surface area contributed by atoms with Gasteiger partial charge in [0.25, 0.3) is 0 Å². The van der Waals surface area contributed by atoms with Gasteiger partial charge in [0, 0.05) is 23.9 Å². The zero-order valence-corrected chi connectivity index (χ0v) is 19.2. The summed E-state index contributed by atoms with van der Waals surface area (Å²) in [6, 6.07) is 28.0. The summed E-state index contributed by atoms with van der Waals surface area (Å²) in [4.78, 5) is 2.49. The molecule has 3 heteroatoms. The molecule has 0 spiro atoms. The van der Waals surface area contributed by atoms with E-state index >= 15 is 0 Å². The van der Waals surface area contributed by atoms with E-state index in [1.54, 1.807) is 0 Å². The van der Waals surface area contributed by atoms with Crippen molar-refractivity contribution in [3.63, 3.8) is 0 Å². The quantitative estimate of drug-likeness (QED) is 0.464. The van der Waals surface area contributed by atoms with Crippen LogP contribution in [0.15, 0.2) is 78.9 Å². The first-order valence-corrected chi connectivity index (χ1v) is 11.9.